The normalized spacial score (nSPS) is 14.8. The highest BCUT2D eigenvalue weighted by molar-refractivity contribution is 7.99. The number of rotatable bonds is 7. The number of carbonyl (C=O) groups excluding carboxylic acids is 1. The average molecular weight is 411 g/mol. The molecule has 6 nitrogen and oxygen atoms in total. The van der Waals surface area contributed by atoms with Crippen LogP contribution in [0.1, 0.15) is 45.1 Å². The Morgan fingerprint density at radius 2 is 1.93 bits per heavy atom. The van der Waals surface area contributed by atoms with Crippen molar-refractivity contribution in [1.82, 2.24) is 14.8 Å². The Kier molecular flexibility index (Phi) is 6.34. The van der Waals surface area contributed by atoms with E-state index in [0.29, 0.717) is 18.3 Å². The molecule has 1 aliphatic rings. The highest BCUT2D eigenvalue weighted by Gasteiger charge is 2.26. The Labute approximate surface area is 175 Å². The van der Waals surface area contributed by atoms with Crippen LogP contribution in [-0.4, -0.2) is 33.0 Å². The van der Waals surface area contributed by atoms with Gasteiger partial charge in [0.05, 0.1) is 12.0 Å². The summed E-state index contributed by atoms with van der Waals surface area (Å²) in [4.78, 5) is 14.7. The molecule has 0 unspecified atom stereocenters. The topological polar surface area (TPSA) is 64.2 Å². The van der Waals surface area contributed by atoms with E-state index in [0.717, 1.165) is 35.3 Å². The number of para-hydroxylation sites is 1. The summed E-state index contributed by atoms with van der Waals surface area (Å²) >= 11 is 1.46. The standard InChI is InChI=1S/C22H26N4O2S/c1-2-25(17-10-5-3-6-11-17)20(27)16-29-22-24-23-21(19-14-9-15-28-19)26(22)18-12-7-4-8-13-18/h3,5-6,9-11,14-15,18H,2,4,7-8,12-13,16H2,1H3. The van der Waals surface area contributed by atoms with Crippen LogP contribution < -0.4 is 4.90 Å². The Bertz CT molecular complexity index is 918. The summed E-state index contributed by atoms with van der Waals surface area (Å²) in [5.41, 5.74) is 0.922. The van der Waals surface area contributed by atoms with Crippen LogP contribution in [0.15, 0.2) is 58.3 Å². The van der Waals surface area contributed by atoms with E-state index in [1.807, 2.05) is 54.3 Å². The lowest BCUT2D eigenvalue weighted by molar-refractivity contribution is -0.116. The lowest BCUT2D eigenvalue weighted by Crippen LogP contribution is -2.32. The third-order valence-electron chi connectivity index (χ3n) is 5.36. The van der Waals surface area contributed by atoms with Crippen molar-refractivity contribution in [2.75, 3.05) is 17.2 Å². The Morgan fingerprint density at radius 1 is 1.14 bits per heavy atom. The zero-order valence-corrected chi connectivity index (χ0v) is 17.5. The molecule has 7 heteroatoms. The molecular weight excluding hydrogens is 384 g/mol. The monoisotopic (exact) mass is 410 g/mol. The van der Waals surface area contributed by atoms with E-state index in [1.165, 1.54) is 31.0 Å². The van der Waals surface area contributed by atoms with Gasteiger partial charge in [-0.2, -0.15) is 0 Å². The Hall–Kier alpha value is -2.54. The first-order chi connectivity index (χ1) is 14.3. The van der Waals surface area contributed by atoms with Gasteiger partial charge in [0, 0.05) is 18.3 Å². The van der Waals surface area contributed by atoms with Gasteiger partial charge in [-0.05, 0) is 44.0 Å². The summed E-state index contributed by atoms with van der Waals surface area (Å²) < 4.78 is 7.78. The molecule has 0 N–H and O–H groups in total. The zero-order valence-electron chi connectivity index (χ0n) is 16.7. The predicted molar refractivity (Wildman–Crippen MR) is 115 cm³/mol. The molecular formula is C22H26N4O2S. The fraction of sp³-hybridized carbons (Fsp3) is 0.409. The zero-order chi connectivity index (χ0) is 20.1. The summed E-state index contributed by atoms with van der Waals surface area (Å²) in [6.07, 6.45) is 7.57. The van der Waals surface area contributed by atoms with Crippen LogP contribution in [0.4, 0.5) is 5.69 Å². The quantitative estimate of drug-likeness (QED) is 0.502. The first kappa shape index (κ1) is 19.8. The number of hydrogen-bond donors (Lipinski definition) is 0. The van der Waals surface area contributed by atoms with Crippen molar-refractivity contribution in [1.29, 1.82) is 0 Å². The molecule has 1 aliphatic carbocycles. The summed E-state index contributed by atoms with van der Waals surface area (Å²) in [7, 11) is 0. The molecule has 1 amide bonds. The minimum atomic E-state index is 0.0708. The second-order valence-corrected chi connectivity index (χ2v) is 8.15. The lowest BCUT2D eigenvalue weighted by atomic mass is 9.95. The molecule has 2 heterocycles. The molecule has 0 radical (unpaired) electrons. The second-order valence-electron chi connectivity index (χ2n) is 7.21. The maximum absolute atomic E-state index is 12.9. The third-order valence-corrected chi connectivity index (χ3v) is 6.28. The van der Waals surface area contributed by atoms with Gasteiger partial charge in [0.15, 0.2) is 10.9 Å². The molecule has 29 heavy (non-hydrogen) atoms. The largest absolute Gasteiger partial charge is 0.461 e. The van der Waals surface area contributed by atoms with Gasteiger partial charge in [-0.1, -0.05) is 49.2 Å². The molecule has 0 aliphatic heterocycles. The van der Waals surface area contributed by atoms with Crippen molar-refractivity contribution >= 4 is 23.4 Å². The van der Waals surface area contributed by atoms with E-state index in [-0.39, 0.29) is 5.91 Å². The molecule has 0 saturated heterocycles. The highest BCUT2D eigenvalue weighted by atomic mass is 32.2. The molecule has 0 spiro atoms. The molecule has 4 rings (SSSR count). The van der Waals surface area contributed by atoms with Gasteiger partial charge in [-0.15, -0.1) is 10.2 Å². The number of amides is 1. The van der Waals surface area contributed by atoms with Gasteiger partial charge in [-0.3, -0.25) is 9.36 Å². The number of furan rings is 1. The summed E-state index contributed by atoms with van der Waals surface area (Å²) in [6.45, 7) is 2.63. The van der Waals surface area contributed by atoms with Crippen LogP contribution in [0, 0.1) is 0 Å². The minimum Gasteiger partial charge on any atom is -0.461 e. The highest BCUT2D eigenvalue weighted by Crippen LogP contribution is 2.35. The van der Waals surface area contributed by atoms with E-state index in [9.17, 15) is 4.79 Å². The van der Waals surface area contributed by atoms with E-state index in [2.05, 4.69) is 14.8 Å². The maximum atomic E-state index is 12.9. The van der Waals surface area contributed by atoms with Crippen molar-refractivity contribution in [3.05, 3.63) is 48.7 Å². The van der Waals surface area contributed by atoms with E-state index < -0.39 is 0 Å². The Balaban J connectivity index is 1.54. The van der Waals surface area contributed by atoms with Crippen LogP contribution in [0.25, 0.3) is 11.6 Å². The van der Waals surface area contributed by atoms with Crippen LogP contribution in [0.2, 0.25) is 0 Å². The van der Waals surface area contributed by atoms with Crippen LogP contribution >= 0.6 is 11.8 Å². The number of benzene rings is 1. The number of aromatic nitrogens is 3. The van der Waals surface area contributed by atoms with Crippen LogP contribution in [-0.2, 0) is 4.79 Å². The van der Waals surface area contributed by atoms with Crippen molar-refractivity contribution < 1.29 is 9.21 Å². The van der Waals surface area contributed by atoms with Crippen molar-refractivity contribution in [2.45, 2.75) is 50.2 Å². The molecule has 0 atom stereocenters. The smallest absolute Gasteiger partial charge is 0.237 e. The number of hydrogen-bond acceptors (Lipinski definition) is 5. The summed E-state index contributed by atoms with van der Waals surface area (Å²) in [5.74, 6) is 1.88. The average Bonchev–Trinajstić information content (AvgIpc) is 3.44. The van der Waals surface area contributed by atoms with Gasteiger partial charge >= 0.3 is 0 Å². The Morgan fingerprint density at radius 3 is 2.62 bits per heavy atom. The molecule has 3 aromatic rings. The van der Waals surface area contributed by atoms with Gasteiger partial charge in [0.2, 0.25) is 11.7 Å². The van der Waals surface area contributed by atoms with Gasteiger partial charge in [-0.25, -0.2) is 0 Å². The fourth-order valence-electron chi connectivity index (χ4n) is 3.93. The lowest BCUT2D eigenvalue weighted by Gasteiger charge is -2.25. The van der Waals surface area contributed by atoms with Gasteiger partial charge in [0.1, 0.15) is 0 Å². The summed E-state index contributed by atoms with van der Waals surface area (Å²) in [5, 5.41) is 9.62. The van der Waals surface area contributed by atoms with Crippen LogP contribution in [0.3, 0.4) is 0 Å². The van der Waals surface area contributed by atoms with Crippen LogP contribution in [0.5, 0.6) is 0 Å². The van der Waals surface area contributed by atoms with Crippen molar-refractivity contribution in [3.8, 4) is 11.6 Å². The molecule has 1 fully saturated rings. The molecule has 1 aromatic carbocycles. The number of carbonyl (C=O) groups is 1. The van der Waals surface area contributed by atoms with Gasteiger partial charge in [0.25, 0.3) is 0 Å². The predicted octanol–water partition coefficient (Wildman–Crippen LogP) is 5.19. The number of anilines is 1. The maximum Gasteiger partial charge on any atom is 0.237 e. The first-order valence-electron chi connectivity index (χ1n) is 10.2. The fourth-order valence-corrected chi connectivity index (χ4v) is 4.81. The second kappa shape index (κ2) is 9.31. The number of nitrogens with zero attached hydrogens (tertiary/aromatic N) is 4. The molecule has 2 aromatic heterocycles. The van der Waals surface area contributed by atoms with E-state index >= 15 is 0 Å². The molecule has 152 valence electrons. The minimum absolute atomic E-state index is 0.0708. The van der Waals surface area contributed by atoms with Crippen molar-refractivity contribution in [2.24, 2.45) is 0 Å². The van der Waals surface area contributed by atoms with Gasteiger partial charge < -0.3 is 9.32 Å². The van der Waals surface area contributed by atoms with Crippen molar-refractivity contribution in [3.63, 3.8) is 0 Å². The molecule has 1 saturated carbocycles. The summed E-state index contributed by atoms with van der Waals surface area (Å²) in [6, 6.07) is 13.9. The first-order valence-corrected chi connectivity index (χ1v) is 11.2. The van der Waals surface area contributed by atoms with E-state index in [4.69, 9.17) is 4.42 Å². The number of thioether (sulfide) groups is 1. The SMILES string of the molecule is CCN(C(=O)CSc1nnc(-c2ccco2)n1C1CCCCC1)c1ccccc1. The third kappa shape index (κ3) is 4.40. The van der Waals surface area contributed by atoms with E-state index in [1.54, 1.807) is 6.26 Å². The molecule has 0 bridgehead atoms.